The molecule has 4 nitrogen and oxygen atoms in total. The number of carbonyl (C=O) groups excluding carboxylic acids is 1. The molecule has 2 N–H and O–H groups in total. The first-order valence-electron chi connectivity index (χ1n) is 6.00. The summed E-state index contributed by atoms with van der Waals surface area (Å²) >= 11 is 0. The van der Waals surface area contributed by atoms with Crippen LogP contribution < -0.4 is 15.5 Å². The Morgan fingerprint density at radius 2 is 2.18 bits per heavy atom. The predicted octanol–water partition coefficient (Wildman–Crippen LogP) is 1.89. The Morgan fingerprint density at radius 1 is 1.41 bits per heavy atom. The Kier molecular flexibility index (Phi) is 3.52. The summed E-state index contributed by atoms with van der Waals surface area (Å²) in [5.41, 5.74) is 2.42. The van der Waals surface area contributed by atoms with Gasteiger partial charge in [0.1, 0.15) is 0 Å². The highest BCUT2D eigenvalue weighted by Gasteiger charge is 2.21. The average molecular weight is 233 g/mol. The molecule has 0 radical (unpaired) electrons. The second-order valence-corrected chi connectivity index (χ2v) is 4.40. The van der Waals surface area contributed by atoms with Gasteiger partial charge < -0.3 is 15.5 Å². The number of para-hydroxylation sites is 1. The Hall–Kier alpha value is -1.71. The van der Waals surface area contributed by atoms with Crippen molar-refractivity contribution in [3.8, 4) is 0 Å². The van der Waals surface area contributed by atoms with Crippen LogP contribution in [-0.4, -0.2) is 26.7 Å². The van der Waals surface area contributed by atoms with E-state index in [9.17, 15) is 4.79 Å². The van der Waals surface area contributed by atoms with E-state index in [2.05, 4.69) is 34.7 Å². The van der Waals surface area contributed by atoms with E-state index in [0.29, 0.717) is 0 Å². The van der Waals surface area contributed by atoms with Gasteiger partial charge in [0.25, 0.3) is 0 Å². The van der Waals surface area contributed by atoms with E-state index in [1.165, 1.54) is 11.3 Å². The fourth-order valence-electron chi connectivity index (χ4n) is 2.32. The molecule has 2 amide bonds. The van der Waals surface area contributed by atoms with Crippen LogP contribution >= 0.6 is 0 Å². The van der Waals surface area contributed by atoms with Crippen molar-refractivity contribution in [2.45, 2.75) is 18.9 Å². The van der Waals surface area contributed by atoms with Crippen LogP contribution in [0, 0.1) is 0 Å². The number of nitrogens with one attached hydrogen (secondary N) is 2. The number of hydrogen-bond donors (Lipinski definition) is 2. The minimum Gasteiger partial charge on any atom is -0.374 e. The van der Waals surface area contributed by atoms with Crippen molar-refractivity contribution in [1.29, 1.82) is 0 Å². The standard InChI is InChI=1S/C13H19N3O/c1-14-13(17)15-11-7-5-9-16(2)12-8-4-3-6-10(11)12/h3-4,6,8,11H,5,7,9H2,1-2H3,(H2,14,15,17). The van der Waals surface area contributed by atoms with Crippen molar-refractivity contribution in [1.82, 2.24) is 10.6 Å². The summed E-state index contributed by atoms with van der Waals surface area (Å²) < 4.78 is 0. The number of carbonyl (C=O) groups is 1. The number of amides is 2. The van der Waals surface area contributed by atoms with E-state index in [1.54, 1.807) is 7.05 Å². The fraction of sp³-hybridized carbons (Fsp3) is 0.462. The minimum absolute atomic E-state index is 0.107. The normalized spacial score (nSPS) is 19.2. The largest absolute Gasteiger partial charge is 0.374 e. The monoisotopic (exact) mass is 233 g/mol. The summed E-state index contributed by atoms with van der Waals surface area (Å²) in [5, 5.41) is 5.62. The molecule has 1 unspecified atom stereocenters. The van der Waals surface area contributed by atoms with Gasteiger partial charge in [0.2, 0.25) is 0 Å². The predicted molar refractivity (Wildman–Crippen MR) is 69.3 cm³/mol. The maximum atomic E-state index is 11.4. The van der Waals surface area contributed by atoms with Crippen LogP contribution in [0.1, 0.15) is 24.4 Å². The Bertz CT molecular complexity index is 405. The molecule has 1 aliphatic rings. The summed E-state index contributed by atoms with van der Waals surface area (Å²) in [6.07, 6.45) is 2.06. The molecule has 17 heavy (non-hydrogen) atoms. The van der Waals surface area contributed by atoms with E-state index >= 15 is 0 Å². The molecular formula is C13H19N3O. The van der Waals surface area contributed by atoms with E-state index in [0.717, 1.165) is 19.4 Å². The molecule has 0 aromatic heterocycles. The quantitative estimate of drug-likeness (QED) is 0.778. The lowest BCUT2D eigenvalue weighted by Crippen LogP contribution is -2.35. The molecule has 4 heteroatoms. The summed E-state index contributed by atoms with van der Waals surface area (Å²) in [7, 11) is 3.74. The van der Waals surface area contributed by atoms with Crippen LogP contribution in [0.25, 0.3) is 0 Å². The van der Waals surface area contributed by atoms with Crippen molar-refractivity contribution in [3.63, 3.8) is 0 Å². The first kappa shape index (κ1) is 11.8. The van der Waals surface area contributed by atoms with Gasteiger partial charge in [-0.05, 0) is 24.5 Å². The Morgan fingerprint density at radius 3 is 2.94 bits per heavy atom. The van der Waals surface area contributed by atoms with Crippen LogP contribution in [-0.2, 0) is 0 Å². The molecule has 1 aromatic carbocycles. The molecular weight excluding hydrogens is 214 g/mol. The number of anilines is 1. The molecule has 0 aliphatic carbocycles. The van der Waals surface area contributed by atoms with E-state index in [-0.39, 0.29) is 12.1 Å². The van der Waals surface area contributed by atoms with E-state index < -0.39 is 0 Å². The second-order valence-electron chi connectivity index (χ2n) is 4.40. The number of fused-ring (bicyclic) bond motifs is 1. The maximum absolute atomic E-state index is 11.4. The number of benzene rings is 1. The smallest absolute Gasteiger partial charge is 0.315 e. The zero-order chi connectivity index (χ0) is 12.3. The number of rotatable bonds is 1. The lowest BCUT2D eigenvalue weighted by Gasteiger charge is -2.22. The van der Waals surface area contributed by atoms with Crippen molar-refractivity contribution in [3.05, 3.63) is 29.8 Å². The number of hydrogen-bond acceptors (Lipinski definition) is 2. The Labute approximate surface area is 102 Å². The van der Waals surface area contributed by atoms with Gasteiger partial charge in [-0.1, -0.05) is 18.2 Å². The van der Waals surface area contributed by atoms with Gasteiger partial charge in [-0.2, -0.15) is 0 Å². The van der Waals surface area contributed by atoms with Crippen LogP contribution in [0.4, 0.5) is 10.5 Å². The molecule has 0 spiro atoms. The van der Waals surface area contributed by atoms with Crippen molar-refractivity contribution in [2.24, 2.45) is 0 Å². The molecule has 1 heterocycles. The summed E-state index contributed by atoms with van der Waals surface area (Å²) in [6, 6.07) is 8.26. The van der Waals surface area contributed by atoms with Crippen molar-refractivity contribution < 1.29 is 4.79 Å². The first-order valence-corrected chi connectivity index (χ1v) is 6.00. The maximum Gasteiger partial charge on any atom is 0.315 e. The zero-order valence-corrected chi connectivity index (χ0v) is 10.4. The van der Waals surface area contributed by atoms with Crippen LogP contribution in [0.5, 0.6) is 0 Å². The van der Waals surface area contributed by atoms with Gasteiger partial charge in [-0.15, -0.1) is 0 Å². The minimum atomic E-state index is -0.116. The number of nitrogens with zero attached hydrogens (tertiary/aromatic N) is 1. The highest BCUT2D eigenvalue weighted by Crippen LogP contribution is 2.31. The van der Waals surface area contributed by atoms with E-state index in [1.807, 2.05) is 12.1 Å². The average Bonchev–Trinajstić information content (AvgIpc) is 2.51. The van der Waals surface area contributed by atoms with Crippen molar-refractivity contribution in [2.75, 3.05) is 25.5 Å². The van der Waals surface area contributed by atoms with Crippen molar-refractivity contribution >= 4 is 11.7 Å². The van der Waals surface area contributed by atoms with Gasteiger partial charge in [0.15, 0.2) is 0 Å². The third-order valence-electron chi connectivity index (χ3n) is 3.24. The SMILES string of the molecule is CNC(=O)NC1CCCN(C)c2ccccc21. The molecule has 0 fully saturated rings. The molecule has 0 saturated carbocycles. The molecule has 1 aromatic rings. The second kappa shape index (κ2) is 5.08. The molecule has 1 atom stereocenters. The lowest BCUT2D eigenvalue weighted by molar-refractivity contribution is 0.238. The highest BCUT2D eigenvalue weighted by molar-refractivity contribution is 5.74. The van der Waals surface area contributed by atoms with Gasteiger partial charge in [-0.25, -0.2) is 4.79 Å². The van der Waals surface area contributed by atoms with Gasteiger partial charge >= 0.3 is 6.03 Å². The highest BCUT2D eigenvalue weighted by atomic mass is 16.2. The molecule has 1 aliphatic heterocycles. The van der Waals surface area contributed by atoms with E-state index in [4.69, 9.17) is 0 Å². The summed E-state index contributed by atoms with van der Waals surface area (Å²) in [4.78, 5) is 13.7. The Balaban J connectivity index is 2.28. The van der Waals surface area contributed by atoms with Crippen LogP contribution in [0.3, 0.4) is 0 Å². The fourth-order valence-corrected chi connectivity index (χ4v) is 2.32. The topological polar surface area (TPSA) is 44.4 Å². The third kappa shape index (κ3) is 2.52. The number of urea groups is 1. The van der Waals surface area contributed by atoms with Gasteiger partial charge in [0.05, 0.1) is 6.04 Å². The lowest BCUT2D eigenvalue weighted by atomic mass is 10.0. The zero-order valence-electron chi connectivity index (χ0n) is 10.4. The van der Waals surface area contributed by atoms with Gasteiger partial charge in [0, 0.05) is 26.3 Å². The third-order valence-corrected chi connectivity index (χ3v) is 3.24. The van der Waals surface area contributed by atoms with Gasteiger partial charge in [-0.3, -0.25) is 0 Å². The molecule has 2 rings (SSSR count). The summed E-state index contributed by atoms with van der Waals surface area (Å²) in [5.74, 6) is 0. The van der Waals surface area contributed by atoms with Crippen LogP contribution in [0.2, 0.25) is 0 Å². The molecule has 0 saturated heterocycles. The summed E-state index contributed by atoms with van der Waals surface area (Å²) in [6.45, 7) is 1.03. The molecule has 92 valence electrons. The first-order chi connectivity index (χ1) is 8.22. The molecule has 0 bridgehead atoms. The van der Waals surface area contributed by atoms with Crippen LogP contribution in [0.15, 0.2) is 24.3 Å².